The first-order valence-electron chi connectivity index (χ1n) is 12.3. The predicted octanol–water partition coefficient (Wildman–Crippen LogP) is 7.95. The van der Waals surface area contributed by atoms with Crippen LogP contribution in [0.2, 0.25) is 0 Å². The number of hydrogen-bond donors (Lipinski definition) is 1. The molecule has 0 aliphatic carbocycles. The van der Waals surface area contributed by atoms with E-state index in [1.165, 1.54) is 16.7 Å². The first kappa shape index (κ1) is 26.3. The summed E-state index contributed by atoms with van der Waals surface area (Å²) in [5.41, 5.74) is 2.17. The zero-order chi connectivity index (χ0) is 27.4. The molecular formula is C31H25F3N2O2S. The molecule has 5 aromatic rings. The molecule has 0 unspecified atom stereocenters. The fourth-order valence-corrected chi connectivity index (χ4v) is 4.86. The van der Waals surface area contributed by atoms with Crippen LogP contribution in [0.3, 0.4) is 0 Å². The van der Waals surface area contributed by atoms with Crippen molar-refractivity contribution < 1.29 is 23.0 Å². The molecule has 8 heteroatoms. The van der Waals surface area contributed by atoms with Crippen LogP contribution in [0.25, 0.3) is 5.69 Å². The quantitative estimate of drug-likeness (QED) is 0.201. The molecule has 39 heavy (non-hydrogen) atoms. The average molecular weight is 547 g/mol. The number of halogens is 3. The number of alkyl halides is 3. The van der Waals surface area contributed by atoms with Crippen LogP contribution >= 0.6 is 12.2 Å². The normalized spacial score (nSPS) is 11.5. The van der Waals surface area contributed by atoms with Gasteiger partial charge in [0.1, 0.15) is 12.4 Å². The fraction of sp³-hybridized carbons (Fsp3) is 0.129. The second kappa shape index (κ2) is 11.2. The van der Waals surface area contributed by atoms with Crippen molar-refractivity contribution in [2.24, 2.45) is 0 Å². The SMILES string of the molecule is Oc1c(Cc2ccccc2)n(Cc2ccccc2C(F)(F)F)c(=S)n1-c1cccc(OCc2ccccc2)c1. The van der Waals surface area contributed by atoms with Gasteiger partial charge in [-0.1, -0.05) is 84.9 Å². The maximum Gasteiger partial charge on any atom is 0.416 e. The number of ether oxygens (including phenoxy) is 1. The van der Waals surface area contributed by atoms with Gasteiger partial charge in [0, 0.05) is 12.5 Å². The lowest BCUT2D eigenvalue weighted by molar-refractivity contribution is -0.138. The van der Waals surface area contributed by atoms with Crippen LogP contribution in [-0.4, -0.2) is 14.2 Å². The highest BCUT2D eigenvalue weighted by molar-refractivity contribution is 7.71. The van der Waals surface area contributed by atoms with Crippen LogP contribution in [0.15, 0.2) is 109 Å². The molecule has 198 valence electrons. The minimum atomic E-state index is -4.52. The van der Waals surface area contributed by atoms with E-state index < -0.39 is 11.7 Å². The Morgan fingerprint density at radius 2 is 1.41 bits per heavy atom. The van der Waals surface area contributed by atoms with Crippen molar-refractivity contribution in [1.82, 2.24) is 9.13 Å². The summed E-state index contributed by atoms with van der Waals surface area (Å²) < 4.78 is 50.5. The van der Waals surface area contributed by atoms with Gasteiger partial charge in [-0.25, -0.2) is 0 Å². The number of imidazole rings is 1. The summed E-state index contributed by atoms with van der Waals surface area (Å²) >= 11 is 5.76. The van der Waals surface area contributed by atoms with E-state index in [-0.39, 0.29) is 29.2 Å². The third-order valence-electron chi connectivity index (χ3n) is 6.41. The molecule has 1 heterocycles. The largest absolute Gasteiger partial charge is 0.493 e. The molecule has 0 saturated carbocycles. The van der Waals surface area contributed by atoms with Crippen LogP contribution in [-0.2, 0) is 25.7 Å². The minimum Gasteiger partial charge on any atom is -0.493 e. The molecule has 4 nitrogen and oxygen atoms in total. The molecule has 1 aromatic heterocycles. The summed E-state index contributed by atoms with van der Waals surface area (Å²) in [5, 5.41) is 11.4. The molecule has 0 bridgehead atoms. The number of rotatable bonds is 8. The van der Waals surface area contributed by atoms with Gasteiger partial charge >= 0.3 is 6.18 Å². The highest BCUT2D eigenvalue weighted by atomic mass is 32.1. The Morgan fingerprint density at radius 1 is 0.769 bits per heavy atom. The van der Waals surface area contributed by atoms with Crippen LogP contribution in [0.5, 0.6) is 11.6 Å². The van der Waals surface area contributed by atoms with E-state index in [1.807, 2.05) is 60.7 Å². The Balaban J connectivity index is 1.57. The van der Waals surface area contributed by atoms with Crippen molar-refractivity contribution in [3.63, 3.8) is 0 Å². The third kappa shape index (κ3) is 5.91. The Morgan fingerprint density at radius 3 is 2.10 bits per heavy atom. The smallest absolute Gasteiger partial charge is 0.416 e. The van der Waals surface area contributed by atoms with E-state index in [0.717, 1.165) is 17.2 Å². The first-order chi connectivity index (χ1) is 18.8. The van der Waals surface area contributed by atoms with Gasteiger partial charge in [-0.05, 0) is 47.1 Å². The van der Waals surface area contributed by atoms with Crippen LogP contribution in [0, 0.1) is 4.77 Å². The van der Waals surface area contributed by atoms with Gasteiger partial charge in [0.15, 0.2) is 4.77 Å². The van der Waals surface area contributed by atoms with Gasteiger partial charge in [-0.2, -0.15) is 13.2 Å². The predicted molar refractivity (Wildman–Crippen MR) is 147 cm³/mol. The third-order valence-corrected chi connectivity index (χ3v) is 6.81. The van der Waals surface area contributed by atoms with Gasteiger partial charge in [-0.3, -0.25) is 4.57 Å². The molecule has 0 aliphatic heterocycles. The minimum absolute atomic E-state index is 0.0625. The fourth-order valence-electron chi connectivity index (χ4n) is 4.49. The number of benzene rings is 4. The Bertz CT molecular complexity index is 1630. The van der Waals surface area contributed by atoms with E-state index in [2.05, 4.69) is 0 Å². The van der Waals surface area contributed by atoms with Crippen molar-refractivity contribution in [3.8, 4) is 17.3 Å². The molecule has 5 rings (SSSR count). The molecule has 0 fully saturated rings. The van der Waals surface area contributed by atoms with Crippen molar-refractivity contribution in [2.45, 2.75) is 25.7 Å². The zero-order valence-electron chi connectivity index (χ0n) is 20.8. The van der Waals surface area contributed by atoms with Crippen molar-refractivity contribution in [2.75, 3.05) is 0 Å². The lowest BCUT2D eigenvalue weighted by atomic mass is 10.1. The van der Waals surface area contributed by atoms with Crippen molar-refractivity contribution in [3.05, 3.63) is 142 Å². The van der Waals surface area contributed by atoms with E-state index in [9.17, 15) is 18.3 Å². The lowest BCUT2D eigenvalue weighted by Crippen LogP contribution is -2.13. The maximum atomic E-state index is 13.8. The Labute approximate surface area is 229 Å². The van der Waals surface area contributed by atoms with Gasteiger partial charge in [-0.15, -0.1) is 0 Å². The van der Waals surface area contributed by atoms with Gasteiger partial charge < -0.3 is 14.4 Å². The summed E-state index contributed by atoms with van der Waals surface area (Å²) in [6, 6.07) is 31.6. The summed E-state index contributed by atoms with van der Waals surface area (Å²) in [4.78, 5) is 0. The number of nitrogens with zero attached hydrogens (tertiary/aromatic N) is 2. The van der Waals surface area contributed by atoms with Crippen LogP contribution < -0.4 is 4.74 Å². The summed E-state index contributed by atoms with van der Waals surface area (Å²) in [6.45, 7) is 0.206. The molecule has 0 amide bonds. The second-order valence-corrected chi connectivity index (χ2v) is 9.43. The van der Waals surface area contributed by atoms with Gasteiger partial charge in [0.05, 0.1) is 23.5 Å². The van der Waals surface area contributed by atoms with E-state index >= 15 is 0 Å². The summed E-state index contributed by atoms with van der Waals surface area (Å²) in [7, 11) is 0. The molecule has 0 saturated heterocycles. The summed E-state index contributed by atoms with van der Waals surface area (Å²) in [6.07, 6.45) is -4.24. The average Bonchev–Trinajstić information content (AvgIpc) is 3.17. The molecule has 1 N–H and O–H groups in total. The topological polar surface area (TPSA) is 39.3 Å². The second-order valence-electron chi connectivity index (χ2n) is 9.06. The van der Waals surface area contributed by atoms with Gasteiger partial charge in [0.2, 0.25) is 5.88 Å². The van der Waals surface area contributed by atoms with E-state index in [1.54, 1.807) is 34.9 Å². The molecule has 0 aliphatic rings. The highest BCUT2D eigenvalue weighted by Crippen LogP contribution is 2.34. The first-order valence-corrected chi connectivity index (χ1v) is 12.7. The lowest BCUT2D eigenvalue weighted by Gasteiger charge is -2.15. The number of aromatic hydroxyl groups is 1. The number of aromatic nitrogens is 2. The molecular weight excluding hydrogens is 521 g/mol. The van der Waals surface area contributed by atoms with Crippen molar-refractivity contribution >= 4 is 12.2 Å². The van der Waals surface area contributed by atoms with Crippen LogP contribution in [0.4, 0.5) is 13.2 Å². The van der Waals surface area contributed by atoms with Gasteiger partial charge in [0.25, 0.3) is 0 Å². The maximum absolute atomic E-state index is 13.8. The molecule has 0 atom stereocenters. The zero-order valence-corrected chi connectivity index (χ0v) is 21.6. The Kier molecular flexibility index (Phi) is 7.56. The highest BCUT2D eigenvalue weighted by Gasteiger charge is 2.33. The van der Waals surface area contributed by atoms with E-state index in [4.69, 9.17) is 17.0 Å². The molecule has 0 radical (unpaired) electrons. The summed E-state index contributed by atoms with van der Waals surface area (Å²) in [5.74, 6) is 0.436. The van der Waals surface area contributed by atoms with Crippen LogP contribution in [0.1, 0.15) is 27.9 Å². The number of hydrogen-bond acceptors (Lipinski definition) is 3. The van der Waals surface area contributed by atoms with Crippen molar-refractivity contribution in [1.29, 1.82) is 0 Å². The standard InChI is InChI=1S/C31H25F3N2O2S/c32-31(33,34)27-17-8-7-14-24(27)20-35-28(18-22-10-3-1-4-11-22)29(37)36(30(35)39)25-15-9-16-26(19-25)38-21-23-12-5-2-6-13-23/h1-17,19,37H,18,20-21H2. The molecule has 0 spiro atoms. The van der Waals surface area contributed by atoms with E-state index in [0.29, 0.717) is 23.7 Å². The monoisotopic (exact) mass is 546 g/mol. The molecule has 4 aromatic carbocycles. The Hall–Kier alpha value is -4.30.